The maximum Gasteiger partial charge on any atom is 0.491 e. The maximum atomic E-state index is 10.8. The Morgan fingerprint density at radius 3 is 2.82 bits per heavy atom. The van der Waals surface area contributed by atoms with Crippen LogP contribution in [0.5, 0.6) is 0 Å². The number of para-hydroxylation sites is 1. The van der Waals surface area contributed by atoms with Crippen molar-refractivity contribution < 1.29 is 4.92 Å². The molecular weight excluding hydrogens is 286 g/mol. The topological polar surface area (TPSA) is 104 Å². The van der Waals surface area contributed by atoms with Crippen molar-refractivity contribution >= 4 is 22.5 Å². The van der Waals surface area contributed by atoms with Gasteiger partial charge in [0.2, 0.25) is 6.33 Å². The van der Waals surface area contributed by atoms with Gasteiger partial charge in [-0.3, -0.25) is 0 Å². The first-order valence-electron chi connectivity index (χ1n) is 6.45. The van der Waals surface area contributed by atoms with E-state index in [2.05, 4.69) is 20.2 Å². The molecular formula is C13H9N7O2. The van der Waals surface area contributed by atoms with Gasteiger partial charge in [-0.25, -0.2) is 9.50 Å². The lowest BCUT2D eigenvalue weighted by Crippen LogP contribution is -2.04. The Bertz CT molecular complexity index is 1030. The molecule has 0 unspecified atom stereocenters. The summed E-state index contributed by atoms with van der Waals surface area (Å²) < 4.78 is 3.04. The van der Waals surface area contributed by atoms with Crippen LogP contribution in [0.25, 0.3) is 22.4 Å². The molecule has 0 saturated carbocycles. The molecule has 0 aliphatic rings. The van der Waals surface area contributed by atoms with Gasteiger partial charge in [0.05, 0.1) is 11.2 Å². The van der Waals surface area contributed by atoms with Gasteiger partial charge >= 0.3 is 5.95 Å². The van der Waals surface area contributed by atoms with Crippen LogP contribution in [0.4, 0.5) is 5.95 Å². The molecule has 1 aromatic carbocycles. The molecule has 22 heavy (non-hydrogen) atoms. The molecule has 0 radical (unpaired) electrons. The molecule has 3 heterocycles. The largest absolute Gasteiger partial charge is 0.491 e. The van der Waals surface area contributed by atoms with Crippen LogP contribution in [0, 0.1) is 17.0 Å². The highest BCUT2D eigenvalue weighted by molar-refractivity contribution is 5.87. The van der Waals surface area contributed by atoms with Gasteiger partial charge in [0.25, 0.3) is 0 Å². The molecule has 0 N–H and O–H groups in total. The average molecular weight is 295 g/mol. The lowest BCUT2D eigenvalue weighted by molar-refractivity contribution is -0.394. The van der Waals surface area contributed by atoms with Crippen LogP contribution in [0.1, 0.15) is 5.69 Å². The number of benzene rings is 1. The number of hydrogen-bond acceptors (Lipinski definition) is 6. The zero-order chi connectivity index (χ0) is 15.3. The van der Waals surface area contributed by atoms with E-state index < -0.39 is 10.9 Å². The third-order valence-electron chi connectivity index (χ3n) is 3.27. The first kappa shape index (κ1) is 12.4. The molecule has 0 amide bonds. The summed E-state index contributed by atoms with van der Waals surface area (Å²) in [5.74, 6) is 0.0130. The smallest absolute Gasteiger partial charge is 0.390 e. The Labute approximate surface area is 123 Å². The van der Waals surface area contributed by atoms with Crippen LogP contribution in [-0.2, 0) is 0 Å². The number of nitrogens with zero attached hydrogens (tertiary/aromatic N) is 7. The average Bonchev–Trinajstić information content (AvgIpc) is 3.12. The zero-order valence-electron chi connectivity index (χ0n) is 11.4. The Hall–Kier alpha value is -3.36. The van der Waals surface area contributed by atoms with E-state index in [0.29, 0.717) is 11.5 Å². The summed E-state index contributed by atoms with van der Waals surface area (Å²) in [6.45, 7) is 1.88. The lowest BCUT2D eigenvalue weighted by Gasteiger charge is -2.05. The zero-order valence-corrected chi connectivity index (χ0v) is 11.4. The van der Waals surface area contributed by atoms with Crippen molar-refractivity contribution in [3.8, 4) is 5.82 Å². The number of nitro groups is 1. The van der Waals surface area contributed by atoms with Gasteiger partial charge in [-0.15, -0.1) is 4.68 Å². The fraction of sp³-hybridized carbons (Fsp3) is 0.0769. The number of hydrogen-bond donors (Lipinski definition) is 0. The molecule has 0 saturated heterocycles. The van der Waals surface area contributed by atoms with E-state index in [9.17, 15) is 10.1 Å². The van der Waals surface area contributed by atoms with Gasteiger partial charge in [0, 0.05) is 16.6 Å². The van der Waals surface area contributed by atoms with E-state index in [0.717, 1.165) is 16.6 Å². The summed E-state index contributed by atoms with van der Waals surface area (Å²) in [4.78, 5) is 18.3. The minimum atomic E-state index is -0.639. The van der Waals surface area contributed by atoms with E-state index in [4.69, 9.17) is 0 Å². The maximum absolute atomic E-state index is 10.8. The first-order chi connectivity index (χ1) is 10.6. The highest BCUT2D eigenvalue weighted by atomic mass is 16.6. The second-order valence-electron chi connectivity index (χ2n) is 4.75. The minimum Gasteiger partial charge on any atom is -0.390 e. The van der Waals surface area contributed by atoms with Crippen LogP contribution >= 0.6 is 0 Å². The molecule has 0 spiro atoms. The summed E-state index contributed by atoms with van der Waals surface area (Å²) in [7, 11) is 0. The fourth-order valence-electron chi connectivity index (χ4n) is 2.37. The second-order valence-corrected chi connectivity index (χ2v) is 4.75. The Morgan fingerprint density at radius 2 is 2.05 bits per heavy atom. The molecule has 0 bridgehead atoms. The normalized spacial score (nSPS) is 11.3. The van der Waals surface area contributed by atoms with Gasteiger partial charge in [-0.1, -0.05) is 17.1 Å². The molecule has 0 aliphatic carbocycles. The summed E-state index contributed by atoms with van der Waals surface area (Å²) in [6.07, 6.45) is 1.28. The number of rotatable bonds is 2. The molecule has 4 rings (SSSR count). The SMILES string of the molecule is Cc1cc2nc(-n3cnc([N+](=O)[O-])n3)c3ccccc3n2n1. The Kier molecular flexibility index (Phi) is 2.43. The highest BCUT2D eigenvalue weighted by Gasteiger charge is 2.18. The third kappa shape index (κ3) is 1.72. The Morgan fingerprint density at radius 1 is 1.23 bits per heavy atom. The van der Waals surface area contributed by atoms with Crippen molar-refractivity contribution in [1.29, 1.82) is 0 Å². The van der Waals surface area contributed by atoms with Gasteiger partial charge in [-0.05, 0) is 24.0 Å². The Balaban J connectivity index is 2.08. The third-order valence-corrected chi connectivity index (χ3v) is 3.27. The van der Waals surface area contributed by atoms with E-state index in [1.54, 1.807) is 4.52 Å². The van der Waals surface area contributed by atoms with Gasteiger partial charge in [-0.2, -0.15) is 5.10 Å². The fourth-order valence-corrected chi connectivity index (χ4v) is 2.37. The molecule has 9 nitrogen and oxygen atoms in total. The van der Waals surface area contributed by atoms with Crippen LogP contribution in [-0.4, -0.2) is 34.3 Å². The van der Waals surface area contributed by atoms with Crippen molar-refractivity contribution in [3.63, 3.8) is 0 Å². The lowest BCUT2D eigenvalue weighted by atomic mass is 10.2. The number of fused-ring (bicyclic) bond motifs is 3. The van der Waals surface area contributed by atoms with Crippen LogP contribution in [0.3, 0.4) is 0 Å². The standard InChI is InChI=1S/C13H9N7O2/c1-8-6-11-15-12(18-7-14-13(17-18)20(21)22)9-4-2-3-5-10(9)19(11)16-8/h2-7H,1H3. The van der Waals surface area contributed by atoms with Crippen molar-refractivity contribution in [3.05, 3.63) is 52.5 Å². The minimum absolute atomic E-state index is 0.463. The second kappa shape index (κ2) is 4.32. The molecule has 0 aliphatic heterocycles. The molecule has 108 valence electrons. The molecule has 0 fully saturated rings. The predicted octanol–water partition coefficient (Wildman–Crippen LogP) is 1.68. The highest BCUT2D eigenvalue weighted by Crippen LogP contribution is 2.22. The van der Waals surface area contributed by atoms with E-state index in [1.165, 1.54) is 11.0 Å². The number of aromatic nitrogens is 6. The van der Waals surface area contributed by atoms with Crippen LogP contribution in [0.2, 0.25) is 0 Å². The van der Waals surface area contributed by atoms with Crippen LogP contribution in [0.15, 0.2) is 36.7 Å². The molecule has 0 atom stereocenters. The first-order valence-corrected chi connectivity index (χ1v) is 6.45. The van der Waals surface area contributed by atoms with Crippen molar-refractivity contribution in [1.82, 2.24) is 29.4 Å². The van der Waals surface area contributed by atoms with Gasteiger partial charge in [0.15, 0.2) is 11.5 Å². The van der Waals surface area contributed by atoms with Crippen molar-refractivity contribution in [2.45, 2.75) is 6.92 Å². The van der Waals surface area contributed by atoms with E-state index in [1.807, 2.05) is 37.3 Å². The van der Waals surface area contributed by atoms with Crippen molar-refractivity contribution in [2.75, 3.05) is 0 Å². The summed E-state index contributed by atoms with van der Waals surface area (Å²) >= 11 is 0. The molecule has 4 aromatic rings. The van der Waals surface area contributed by atoms with Crippen molar-refractivity contribution in [2.24, 2.45) is 0 Å². The molecule has 9 heteroatoms. The molecule has 3 aromatic heterocycles. The van der Waals surface area contributed by atoms with Gasteiger partial charge in [0.1, 0.15) is 0 Å². The van der Waals surface area contributed by atoms with Crippen LogP contribution < -0.4 is 0 Å². The quantitative estimate of drug-likeness (QED) is 0.411. The summed E-state index contributed by atoms with van der Waals surface area (Å²) in [5, 5.41) is 19.8. The van der Waals surface area contributed by atoms with E-state index >= 15 is 0 Å². The van der Waals surface area contributed by atoms with E-state index in [-0.39, 0.29) is 0 Å². The van der Waals surface area contributed by atoms with Gasteiger partial charge < -0.3 is 10.1 Å². The predicted molar refractivity (Wildman–Crippen MR) is 76.8 cm³/mol. The summed E-state index contributed by atoms with van der Waals surface area (Å²) in [6, 6.07) is 9.36. The monoisotopic (exact) mass is 295 g/mol. The summed E-state index contributed by atoms with van der Waals surface area (Å²) in [5.41, 5.74) is 2.32. The number of aryl methyl sites for hydroxylation is 1.